The number of hydrogen-bond acceptors (Lipinski definition) is 5. The van der Waals surface area contributed by atoms with Crippen LogP contribution in [0.25, 0.3) is 22.0 Å². The van der Waals surface area contributed by atoms with Gasteiger partial charge in [0.25, 0.3) is 0 Å². The fourth-order valence-corrected chi connectivity index (χ4v) is 3.35. The van der Waals surface area contributed by atoms with Crippen LogP contribution in [0.15, 0.2) is 30.5 Å². The van der Waals surface area contributed by atoms with Crippen molar-refractivity contribution < 1.29 is 9.90 Å². The molecule has 0 bridgehead atoms. The van der Waals surface area contributed by atoms with E-state index >= 15 is 0 Å². The minimum atomic E-state index is -1.05. The first-order chi connectivity index (χ1) is 12.6. The number of nitrogens with two attached hydrogens (primary N) is 1. The molecule has 140 valence electrons. The number of benzene rings is 1. The van der Waals surface area contributed by atoms with Crippen molar-refractivity contribution in [1.82, 2.24) is 20.5 Å². The van der Waals surface area contributed by atoms with Gasteiger partial charge in [0.2, 0.25) is 0 Å². The third-order valence-electron chi connectivity index (χ3n) is 4.21. The SMILES string of the molecule is Cc1cc(CC(C)(C)NC(=O)O)ncc1-c1cc(Cl)c2nnc(N)cc2c1. The van der Waals surface area contributed by atoms with E-state index in [-0.39, 0.29) is 0 Å². The fourth-order valence-electron chi connectivity index (χ4n) is 3.09. The maximum absolute atomic E-state index is 10.9. The van der Waals surface area contributed by atoms with E-state index in [9.17, 15) is 4.79 Å². The van der Waals surface area contributed by atoms with Crippen LogP contribution in [0.2, 0.25) is 5.02 Å². The van der Waals surface area contributed by atoms with E-state index in [0.29, 0.717) is 22.8 Å². The van der Waals surface area contributed by atoms with Crippen LogP contribution in [0.3, 0.4) is 0 Å². The number of carbonyl (C=O) groups is 1. The number of nitrogens with one attached hydrogen (secondary N) is 1. The normalized spacial score (nSPS) is 11.6. The Bertz CT molecular complexity index is 1040. The number of aromatic nitrogens is 3. The Labute approximate surface area is 161 Å². The Morgan fingerprint density at radius 3 is 2.67 bits per heavy atom. The largest absolute Gasteiger partial charge is 0.465 e. The van der Waals surface area contributed by atoms with Crippen molar-refractivity contribution in [3.8, 4) is 11.1 Å². The molecular weight excluding hydrogens is 366 g/mol. The molecule has 0 saturated carbocycles. The van der Waals surface area contributed by atoms with E-state index in [1.165, 1.54) is 0 Å². The Kier molecular flexibility index (Phi) is 4.89. The molecule has 3 aromatic rings. The van der Waals surface area contributed by atoms with Gasteiger partial charge in [-0.15, -0.1) is 10.2 Å². The van der Waals surface area contributed by atoms with Gasteiger partial charge < -0.3 is 16.2 Å². The van der Waals surface area contributed by atoms with Crippen LogP contribution in [-0.2, 0) is 6.42 Å². The summed E-state index contributed by atoms with van der Waals surface area (Å²) in [5, 5.41) is 20.6. The average Bonchev–Trinajstić information content (AvgIpc) is 2.52. The molecule has 0 radical (unpaired) electrons. The molecule has 27 heavy (non-hydrogen) atoms. The van der Waals surface area contributed by atoms with Gasteiger partial charge in [-0.1, -0.05) is 11.6 Å². The van der Waals surface area contributed by atoms with Crippen molar-refractivity contribution in [2.45, 2.75) is 32.7 Å². The summed E-state index contributed by atoms with van der Waals surface area (Å²) in [7, 11) is 0. The van der Waals surface area contributed by atoms with E-state index in [1.54, 1.807) is 12.3 Å². The lowest BCUT2D eigenvalue weighted by atomic mass is 9.95. The monoisotopic (exact) mass is 385 g/mol. The molecule has 4 N–H and O–H groups in total. The number of fused-ring (bicyclic) bond motifs is 1. The molecule has 0 atom stereocenters. The number of hydrogen-bond donors (Lipinski definition) is 3. The summed E-state index contributed by atoms with van der Waals surface area (Å²) >= 11 is 6.36. The number of aryl methyl sites for hydroxylation is 1. The quantitative estimate of drug-likeness (QED) is 0.628. The summed E-state index contributed by atoms with van der Waals surface area (Å²) in [6.45, 7) is 5.62. The molecular formula is C19H20ClN5O2. The number of nitrogens with zero attached hydrogens (tertiary/aromatic N) is 3. The van der Waals surface area contributed by atoms with Gasteiger partial charge in [-0.3, -0.25) is 4.98 Å². The number of carboxylic acid groups (broad SMARTS) is 1. The predicted octanol–water partition coefficient (Wildman–Crippen LogP) is 3.82. The van der Waals surface area contributed by atoms with E-state index in [4.69, 9.17) is 22.4 Å². The second-order valence-corrected chi connectivity index (χ2v) is 7.55. The summed E-state index contributed by atoms with van der Waals surface area (Å²) in [6, 6.07) is 7.47. The molecule has 0 spiro atoms. The Balaban J connectivity index is 1.96. The van der Waals surface area contributed by atoms with E-state index in [0.717, 1.165) is 27.8 Å². The summed E-state index contributed by atoms with van der Waals surface area (Å²) < 4.78 is 0. The third-order valence-corrected chi connectivity index (χ3v) is 4.50. The molecule has 1 aromatic carbocycles. The van der Waals surface area contributed by atoms with Crippen LogP contribution in [0, 0.1) is 6.92 Å². The molecule has 2 aromatic heterocycles. The van der Waals surface area contributed by atoms with Crippen LogP contribution < -0.4 is 11.1 Å². The van der Waals surface area contributed by atoms with Crippen LogP contribution in [0.1, 0.15) is 25.1 Å². The predicted molar refractivity (Wildman–Crippen MR) is 106 cm³/mol. The maximum Gasteiger partial charge on any atom is 0.405 e. The zero-order valence-electron chi connectivity index (χ0n) is 15.2. The molecule has 0 aliphatic heterocycles. The lowest BCUT2D eigenvalue weighted by molar-refractivity contribution is 0.182. The average molecular weight is 386 g/mol. The maximum atomic E-state index is 10.9. The summed E-state index contributed by atoms with van der Waals surface area (Å²) in [4.78, 5) is 15.4. The summed E-state index contributed by atoms with van der Waals surface area (Å²) in [5.74, 6) is 0.328. The highest BCUT2D eigenvalue weighted by Crippen LogP contribution is 2.31. The zero-order valence-corrected chi connectivity index (χ0v) is 16.0. The Morgan fingerprint density at radius 1 is 1.26 bits per heavy atom. The summed E-state index contributed by atoms with van der Waals surface area (Å²) in [5.41, 5.74) is 9.36. The second kappa shape index (κ2) is 7.00. The third kappa shape index (κ3) is 4.25. The van der Waals surface area contributed by atoms with Crippen LogP contribution >= 0.6 is 11.6 Å². The molecule has 2 heterocycles. The number of pyridine rings is 1. The molecule has 7 nitrogen and oxygen atoms in total. The van der Waals surface area contributed by atoms with E-state index < -0.39 is 11.6 Å². The van der Waals surface area contributed by atoms with Crippen molar-refractivity contribution in [3.05, 3.63) is 46.7 Å². The van der Waals surface area contributed by atoms with Crippen LogP contribution in [0.4, 0.5) is 10.6 Å². The van der Waals surface area contributed by atoms with Gasteiger partial charge in [-0.2, -0.15) is 0 Å². The lowest BCUT2D eigenvalue weighted by Gasteiger charge is -2.24. The van der Waals surface area contributed by atoms with Gasteiger partial charge >= 0.3 is 6.09 Å². The molecule has 0 unspecified atom stereocenters. The van der Waals surface area contributed by atoms with Gasteiger partial charge in [-0.05, 0) is 56.2 Å². The first-order valence-electron chi connectivity index (χ1n) is 8.34. The first kappa shape index (κ1) is 18.8. The van der Waals surface area contributed by atoms with E-state index in [2.05, 4.69) is 20.5 Å². The second-order valence-electron chi connectivity index (χ2n) is 7.15. The van der Waals surface area contributed by atoms with Crippen molar-refractivity contribution in [3.63, 3.8) is 0 Å². The van der Waals surface area contributed by atoms with Gasteiger partial charge in [0.1, 0.15) is 11.3 Å². The number of halogens is 1. The van der Waals surface area contributed by atoms with Gasteiger partial charge in [0.15, 0.2) is 0 Å². The molecule has 0 aliphatic carbocycles. The van der Waals surface area contributed by atoms with Crippen molar-refractivity contribution in [1.29, 1.82) is 0 Å². The molecule has 0 saturated heterocycles. The lowest BCUT2D eigenvalue weighted by Crippen LogP contribution is -2.44. The topological polar surface area (TPSA) is 114 Å². The molecule has 1 amide bonds. The first-order valence-corrected chi connectivity index (χ1v) is 8.72. The molecule has 0 fully saturated rings. The Hall–Kier alpha value is -2.93. The van der Waals surface area contributed by atoms with Gasteiger partial charge in [0.05, 0.1) is 5.02 Å². The van der Waals surface area contributed by atoms with Crippen molar-refractivity contribution in [2.24, 2.45) is 0 Å². The summed E-state index contributed by atoms with van der Waals surface area (Å²) in [6.07, 6.45) is 1.20. The van der Waals surface area contributed by atoms with E-state index in [1.807, 2.05) is 39.0 Å². The number of amides is 1. The minimum Gasteiger partial charge on any atom is -0.465 e. The number of nitrogen functional groups attached to an aromatic ring is 1. The smallest absolute Gasteiger partial charge is 0.405 e. The highest BCUT2D eigenvalue weighted by Gasteiger charge is 2.21. The molecule has 0 aliphatic rings. The molecule has 3 rings (SSSR count). The fraction of sp³-hybridized carbons (Fsp3) is 0.263. The number of rotatable bonds is 4. The zero-order chi connectivity index (χ0) is 19.8. The molecule has 8 heteroatoms. The van der Waals surface area contributed by atoms with Crippen molar-refractivity contribution in [2.75, 3.05) is 5.73 Å². The van der Waals surface area contributed by atoms with Crippen molar-refractivity contribution >= 4 is 34.4 Å². The van der Waals surface area contributed by atoms with Crippen LogP contribution in [0.5, 0.6) is 0 Å². The Morgan fingerprint density at radius 2 is 2.00 bits per heavy atom. The van der Waals surface area contributed by atoms with Gasteiger partial charge in [0, 0.05) is 34.8 Å². The van der Waals surface area contributed by atoms with Gasteiger partial charge in [-0.25, -0.2) is 4.79 Å². The minimum absolute atomic E-state index is 0.328. The highest BCUT2D eigenvalue weighted by molar-refractivity contribution is 6.35. The van der Waals surface area contributed by atoms with Crippen LogP contribution in [-0.4, -0.2) is 31.9 Å². The standard InChI is InChI=1S/C19H20ClN5O2/c1-10-4-13(8-19(2,3)23-18(26)27)22-9-14(10)11-5-12-7-16(21)24-25-17(12)15(20)6-11/h4-7,9,23H,8H2,1-3H3,(H2,21,24)(H,26,27). The highest BCUT2D eigenvalue weighted by atomic mass is 35.5. The number of anilines is 1.